The van der Waals surface area contributed by atoms with Gasteiger partial charge in [0.2, 0.25) is 5.89 Å². The fourth-order valence-electron chi connectivity index (χ4n) is 5.22. The molecular weight excluding hydrogens is 338 g/mol. The quantitative estimate of drug-likeness (QED) is 0.781. The lowest BCUT2D eigenvalue weighted by Gasteiger charge is -2.49. The minimum Gasteiger partial charge on any atom is -0.339 e. The second kappa shape index (κ2) is 7.68. The number of rotatable bonds is 6. The molecule has 5 heterocycles. The summed E-state index contributed by atoms with van der Waals surface area (Å²) in [6.45, 7) is 5.35. The Hall–Kier alpha value is -1.79. The maximum Gasteiger partial charge on any atom is 0.229 e. The number of nitrogens with zero attached hydrogens (tertiary/aromatic N) is 5. The molecule has 1 unspecified atom stereocenters. The standard InChI is InChI=1S/C21H29N5O/c1-2-6-18(5-1)21-23-20(24-27-21)15-26(13-16-4-3-9-22-12-16)19-14-25-10-7-17(19)8-11-25/h3-4,9,12,17-19H,1-2,5-8,10-11,13-15H2. The Morgan fingerprint density at radius 1 is 1.11 bits per heavy atom. The highest BCUT2D eigenvalue weighted by molar-refractivity contribution is 5.09. The van der Waals surface area contributed by atoms with Gasteiger partial charge in [0.15, 0.2) is 5.82 Å². The van der Waals surface area contributed by atoms with Crippen molar-refractivity contribution in [1.82, 2.24) is 24.9 Å². The summed E-state index contributed by atoms with van der Waals surface area (Å²) in [5, 5.41) is 4.34. The average Bonchev–Trinajstić information content (AvgIpc) is 3.41. The summed E-state index contributed by atoms with van der Waals surface area (Å²) in [6.07, 6.45) is 11.4. The molecule has 0 spiro atoms. The zero-order valence-electron chi connectivity index (χ0n) is 16.0. The first kappa shape index (κ1) is 17.3. The highest BCUT2D eigenvalue weighted by Crippen LogP contribution is 2.34. The van der Waals surface area contributed by atoms with Crippen molar-refractivity contribution in [3.8, 4) is 0 Å². The summed E-state index contributed by atoms with van der Waals surface area (Å²) in [6, 6.07) is 4.76. The van der Waals surface area contributed by atoms with E-state index >= 15 is 0 Å². The molecule has 0 radical (unpaired) electrons. The van der Waals surface area contributed by atoms with Gasteiger partial charge in [-0.3, -0.25) is 9.88 Å². The largest absolute Gasteiger partial charge is 0.339 e. The number of pyridine rings is 1. The third kappa shape index (κ3) is 3.78. The van der Waals surface area contributed by atoms with Crippen LogP contribution >= 0.6 is 0 Å². The van der Waals surface area contributed by atoms with Gasteiger partial charge in [0.1, 0.15) is 0 Å². The highest BCUT2D eigenvalue weighted by atomic mass is 16.5. The van der Waals surface area contributed by atoms with Gasteiger partial charge >= 0.3 is 0 Å². The fraction of sp³-hybridized carbons (Fsp3) is 0.667. The summed E-state index contributed by atoms with van der Waals surface area (Å²) >= 11 is 0. The van der Waals surface area contributed by atoms with Crippen LogP contribution in [0.1, 0.15) is 61.7 Å². The van der Waals surface area contributed by atoms with Crippen molar-refractivity contribution < 1.29 is 4.52 Å². The van der Waals surface area contributed by atoms with Gasteiger partial charge in [0.25, 0.3) is 0 Å². The Labute approximate surface area is 161 Å². The van der Waals surface area contributed by atoms with Gasteiger partial charge in [-0.2, -0.15) is 4.98 Å². The van der Waals surface area contributed by atoms with Gasteiger partial charge in [-0.1, -0.05) is 24.1 Å². The van der Waals surface area contributed by atoms with E-state index in [-0.39, 0.29) is 0 Å². The van der Waals surface area contributed by atoms with Crippen LogP contribution < -0.4 is 0 Å². The van der Waals surface area contributed by atoms with E-state index in [1.165, 1.54) is 57.2 Å². The Kier molecular flexibility index (Phi) is 4.93. The molecule has 3 saturated heterocycles. The maximum absolute atomic E-state index is 5.64. The fourth-order valence-corrected chi connectivity index (χ4v) is 5.22. The van der Waals surface area contributed by atoms with Gasteiger partial charge < -0.3 is 9.42 Å². The van der Waals surface area contributed by atoms with Gasteiger partial charge in [0.05, 0.1) is 6.54 Å². The monoisotopic (exact) mass is 367 g/mol. The predicted octanol–water partition coefficient (Wildman–Crippen LogP) is 3.22. The minimum atomic E-state index is 0.481. The van der Waals surface area contributed by atoms with Crippen LogP contribution in [0.2, 0.25) is 0 Å². The van der Waals surface area contributed by atoms with Crippen LogP contribution in [-0.4, -0.2) is 50.6 Å². The first-order valence-electron chi connectivity index (χ1n) is 10.5. The van der Waals surface area contributed by atoms with Crippen molar-refractivity contribution in [2.24, 2.45) is 5.92 Å². The van der Waals surface area contributed by atoms with Gasteiger partial charge in [-0.15, -0.1) is 0 Å². The average molecular weight is 367 g/mol. The molecule has 144 valence electrons. The van der Waals surface area contributed by atoms with Crippen molar-refractivity contribution in [2.45, 2.75) is 63.6 Å². The normalized spacial score (nSPS) is 28.3. The topological polar surface area (TPSA) is 58.3 Å². The van der Waals surface area contributed by atoms with Gasteiger partial charge in [0, 0.05) is 37.4 Å². The Morgan fingerprint density at radius 2 is 1.96 bits per heavy atom. The van der Waals surface area contributed by atoms with Gasteiger partial charge in [-0.05, 0) is 56.3 Å². The van der Waals surface area contributed by atoms with Crippen LogP contribution in [0.25, 0.3) is 0 Å². The van der Waals surface area contributed by atoms with Crippen molar-refractivity contribution in [2.75, 3.05) is 19.6 Å². The summed E-state index contributed by atoms with van der Waals surface area (Å²) in [4.78, 5) is 14.3. The molecule has 2 aromatic rings. The first-order valence-corrected chi connectivity index (χ1v) is 10.5. The zero-order chi connectivity index (χ0) is 18.1. The molecule has 0 amide bonds. The van der Waals surface area contributed by atoms with Crippen LogP contribution in [0.15, 0.2) is 29.0 Å². The molecule has 2 aromatic heterocycles. The van der Waals surface area contributed by atoms with E-state index < -0.39 is 0 Å². The molecular formula is C21H29N5O. The number of aromatic nitrogens is 3. The van der Waals surface area contributed by atoms with E-state index in [1.54, 1.807) is 0 Å². The molecule has 0 aromatic carbocycles. The molecule has 6 nitrogen and oxygen atoms in total. The third-order valence-corrected chi connectivity index (χ3v) is 6.73. The third-order valence-electron chi connectivity index (χ3n) is 6.73. The van der Waals surface area contributed by atoms with Crippen molar-refractivity contribution in [1.29, 1.82) is 0 Å². The maximum atomic E-state index is 5.64. The number of hydrogen-bond acceptors (Lipinski definition) is 6. The molecule has 6 rings (SSSR count). The Bertz CT molecular complexity index is 734. The predicted molar refractivity (Wildman–Crippen MR) is 102 cm³/mol. The van der Waals surface area contributed by atoms with Crippen LogP contribution in [0.4, 0.5) is 0 Å². The zero-order valence-corrected chi connectivity index (χ0v) is 16.0. The Morgan fingerprint density at radius 3 is 2.67 bits per heavy atom. The van der Waals surface area contributed by atoms with Crippen molar-refractivity contribution in [3.63, 3.8) is 0 Å². The van der Waals surface area contributed by atoms with E-state index in [2.05, 4.69) is 26.0 Å². The van der Waals surface area contributed by atoms with E-state index in [4.69, 9.17) is 9.51 Å². The number of hydrogen-bond donors (Lipinski definition) is 0. The van der Waals surface area contributed by atoms with Crippen LogP contribution in [0, 0.1) is 5.92 Å². The second-order valence-electron chi connectivity index (χ2n) is 8.50. The molecule has 1 aliphatic carbocycles. The first-order chi connectivity index (χ1) is 13.3. The molecule has 6 heteroatoms. The molecule has 1 saturated carbocycles. The van der Waals surface area contributed by atoms with Crippen LogP contribution in [0.5, 0.6) is 0 Å². The molecule has 3 aliphatic heterocycles. The lowest BCUT2D eigenvalue weighted by Crippen LogP contribution is -2.56. The van der Waals surface area contributed by atoms with Crippen LogP contribution in [0.3, 0.4) is 0 Å². The molecule has 1 atom stereocenters. The second-order valence-corrected chi connectivity index (χ2v) is 8.50. The van der Waals surface area contributed by atoms with E-state index in [0.717, 1.165) is 37.3 Å². The molecule has 27 heavy (non-hydrogen) atoms. The summed E-state index contributed by atoms with van der Waals surface area (Å²) in [5.41, 5.74) is 1.26. The van der Waals surface area contributed by atoms with Crippen molar-refractivity contribution >= 4 is 0 Å². The SMILES string of the molecule is c1cncc(CN(Cc2noc(C3CCCC3)n2)C2CN3CCC2CC3)c1. The number of piperidine rings is 3. The highest BCUT2D eigenvalue weighted by Gasteiger charge is 2.38. The molecule has 4 aliphatic rings. The summed E-state index contributed by atoms with van der Waals surface area (Å²) < 4.78 is 5.64. The smallest absolute Gasteiger partial charge is 0.229 e. The number of fused-ring (bicyclic) bond motifs is 3. The molecule has 0 N–H and O–H groups in total. The van der Waals surface area contributed by atoms with E-state index in [0.29, 0.717) is 12.0 Å². The van der Waals surface area contributed by atoms with Crippen molar-refractivity contribution in [3.05, 3.63) is 41.8 Å². The van der Waals surface area contributed by atoms with E-state index in [9.17, 15) is 0 Å². The lowest BCUT2D eigenvalue weighted by atomic mass is 9.83. The molecule has 4 fully saturated rings. The lowest BCUT2D eigenvalue weighted by molar-refractivity contribution is -0.00395. The summed E-state index contributed by atoms with van der Waals surface area (Å²) in [5.74, 6) is 2.97. The summed E-state index contributed by atoms with van der Waals surface area (Å²) in [7, 11) is 0. The minimum absolute atomic E-state index is 0.481. The van der Waals surface area contributed by atoms with Gasteiger partial charge in [-0.25, -0.2) is 0 Å². The Balaban J connectivity index is 1.35. The van der Waals surface area contributed by atoms with E-state index in [1.807, 2.05) is 18.5 Å². The molecule has 2 bridgehead atoms. The van der Waals surface area contributed by atoms with Crippen LogP contribution in [-0.2, 0) is 13.1 Å².